The molecule has 0 bridgehead atoms. The van der Waals surface area contributed by atoms with Gasteiger partial charge >= 0.3 is 0 Å². The smallest absolute Gasteiger partial charge is 0.261 e. The third-order valence-corrected chi connectivity index (χ3v) is 4.00. The molecule has 1 N–H and O–H groups in total. The van der Waals surface area contributed by atoms with Crippen LogP contribution in [0, 0.1) is 5.82 Å². The van der Waals surface area contributed by atoms with Crippen molar-refractivity contribution in [3.8, 4) is 22.9 Å². The molecule has 0 aliphatic carbocycles. The molecule has 0 radical (unpaired) electrons. The van der Waals surface area contributed by atoms with Gasteiger partial charge in [-0.3, -0.25) is 4.79 Å². The zero-order chi connectivity index (χ0) is 19.9. The van der Waals surface area contributed by atoms with E-state index in [9.17, 15) is 9.18 Å². The average molecular weight is 385 g/mol. The second-order valence-corrected chi connectivity index (χ2v) is 5.90. The third kappa shape index (κ3) is 4.64. The van der Waals surface area contributed by atoms with E-state index in [-0.39, 0.29) is 18.2 Å². The number of methoxy groups -OCH3 is 1. The minimum absolute atomic E-state index is 0.0316. The molecule has 0 saturated carbocycles. The fourth-order valence-electron chi connectivity index (χ4n) is 2.48. The molecule has 1 heterocycles. The standard InChI is InChI=1S/C20H20FN3O4/c1-3-16(27-17-7-5-4-6-15(17)21)20(25)22-12-18-23-19(24-28-18)13-8-10-14(26-2)11-9-13/h4-11,16H,3,12H2,1-2H3,(H,22,25)/t16-/m1/s1. The molecule has 1 atom stereocenters. The summed E-state index contributed by atoms with van der Waals surface area (Å²) in [5.74, 6) is 0.496. The van der Waals surface area contributed by atoms with Crippen LogP contribution in [-0.2, 0) is 11.3 Å². The number of para-hydroxylation sites is 1. The van der Waals surface area contributed by atoms with Gasteiger partial charge in [-0.05, 0) is 42.8 Å². The largest absolute Gasteiger partial charge is 0.497 e. The Balaban J connectivity index is 1.59. The number of amides is 1. The molecule has 1 amide bonds. The van der Waals surface area contributed by atoms with Crippen LogP contribution in [0.5, 0.6) is 11.5 Å². The van der Waals surface area contributed by atoms with Gasteiger partial charge in [0.2, 0.25) is 11.7 Å². The molecule has 0 fully saturated rings. The number of hydrogen-bond donors (Lipinski definition) is 1. The fourth-order valence-corrected chi connectivity index (χ4v) is 2.48. The number of nitrogens with zero attached hydrogens (tertiary/aromatic N) is 2. The molecule has 8 heteroatoms. The van der Waals surface area contributed by atoms with E-state index in [1.165, 1.54) is 12.1 Å². The summed E-state index contributed by atoms with van der Waals surface area (Å²) in [6, 6.07) is 13.1. The lowest BCUT2D eigenvalue weighted by atomic mass is 10.2. The van der Waals surface area contributed by atoms with Crippen molar-refractivity contribution < 1.29 is 23.2 Å². The van der Waals surface area contributed by atoms with E-state index in [2.05, 4.69) is 15.5 Å². The van der Waals surface area contributed by atoms with Crippen molar-refractivity contribution in [1.82, 2.24) is 15.5 Å². The highest BCUT2D eigenvalue weighted by Crippen LogP contribution is 2.20. The van der Waals surface area contributed by atoms with Gasteiger partial charge in [0.15, 0.2) is 17.7 Å². The maximum atomic E-state index is 13.7. The van der Waals surface area contributed by atoms with E-state index in [4.69, 9.17) is 14.0 Å². The molecule has 2 aromatic carbocycles. The summed E-state index contributed by atoms with van der Waals surface area (Å²) in [5, 5.41) is 6.58. The first-order chi connectivity index (χ1) is 13.6. The van der Waals surface area contributed by atoms with Crippen molar-refractivity contribution in [2.24, 2.45) is 0 Å². The Bertz CT molecular complexity index is 927. The highest BCUT2D eigenvalue weighted by Gasteiger charge is 2.20. The Morgan fingerprint density at radius 3 is 2.64 bits per heavy atom. The molecule has 3 rings (SSSR count). The fraction of sp³-hybridized carbons (Fsp3) is 0.250. The zero-order valence-electron chi connectivity index (χ0n) is 15.5. The highest BCUT2D eigenvalue weighted by atomic mass is 19.1. The van der Waals surface area contributed by atoms with E-state index in [0.29, 0.717) is 12.2 Å². The van der Waals surface area contributed by atoms with Gasteiger partial charge in [-0.2, -0.15) is 4.98 Å². The maximum Gasteiger partial charge on any atom is 0.261 e. The molecular formula is C20H20FN3O4. The number of benzene rings is 2. The summed E-state index contributed by atoms with van der Waals surface area (Å²) in [6.07, 6.45) is -0.456. The van der Waals surface area contributed by atoms with Gasteiger partial charge in [0.1, 0.15) is 5.75 Å². The molecule has 146 valence electrons. The summed E-state index contributed by atoms with van der Waals surface area (Å²) >= 11 is 0. The van der Waals surface area contributed by atoms with E-state index < -0.39 is 17.8 Å². The first kappa shape index (κ1) is 19.3. The predicted octanol–water partition coefficient (Wildman–Crippen LogP) is 3.36. The van der Waals surface area contributed by atoms with Gasteiger partial charge in [-0.25, -0.2) is 4.39 Å². The Labute approximate surface area is 161 Å². The molecule has 0 aliphatic rings. The first-order valence-electron chi connectivity index (χ1n) is 8.76. The van der Waals surface area contributed by atoms with E-state index in [1.807, 2.05) is 0 Å². The molecule has 0 unspecified atom stereocenters. The lowest BCUT2D eigenvalue weighted by Gasteiger charge is -2.17. The van der Waals surface area contributed by atoms with Crippen LogP contribution < -0.4 is 14.8 Å². The van der Waals surface area contributed by atoms with Crippen molar-refractivity contribution in [3.05, 3.63) is 60.2 Å². The summed E-state index contributed by atoms with van der Waals surface area (Å²) in [6.45, 7) is 1.82. The van der Waals surface area contributed by atoms with Gasteiger partial charge in [0.25, 0.3) is 5.91 Å². The lowest BCUT2D eigenvalue weighted by Crippen LogP contribution is -2.37. The quantitative estimate of drug-likeness (QED) is 0.640. The van der Waals surface area contributed by atoms with Crippen molar-refractivity contribution in [3.63, 3.8) is 0 Å². The van der Waals surface area contributed by atoms with Crippen LogP contribution in [0.2, 0.25) is 0 Å². The number of halogens is 1. The second kappa shape index (κ2) is 8.98. The van der Waals surface area contributed by atoms with Gasteiger partial charge in [-0.15, -0.1) is 0 Å². The minimum atomic E-state index is -0.833. The van der Waals surface area contributed by atoms with Crippen molar-refractivity contribution in [2.75, 3.05) is 7.11 Å². The summed E-state index contributed by atoms with van der Waals surface area (Å²) in [7, 11) is 1.59. The van der Waals surface area contributed by atoms with Gasteiger partial charge in [-0.1, -0.05) is 24.2 Å². The highest BCUT2D eigenvalue weighted by molar-refractivity contribution is 5.81. The Kier molecular flexibility index (Phi) is 6.21. The zero-order valence-corrected chi connectivity index (χ0v) is 15.5. The number of aromatic nitrogens is 2. The first-order valence-corrected chi connectivity index (χ1v) is 8.76. The lowest BCUT2D eigenvalue weighted by molar-refractivity contribution is -0.128. The topological polar surface area (TPSA) is 86.5 Å². The number of rotatable bonds is 8. The summed E-state index contributed by atoms with van der Waals surface area (Å²) < 4.78 is 29.5. The Morgan fingerprint density at radius 2 is 1.96 bits per heavy atom. The van der Waals surface area contributed by atoms with E-state index >= 15 is 0 Å². The van der Waals surface area contributed by atoms with Crippen LogP contribution in [0.4, 0.5) is 4.39 Å². The van der Waals surface area contributed by atoms with Gasteiger partial charge < -0.3 is 19.3 Å². The van der Waals surface area contributed by atoms with Crippen LogP contribution in [0.3, 0.4) is 0 Å². The average Bonchev–Trinajstić information content (AvgIpc) is 3.20. The van der Waals surface area contributed by atoms with Gasteiger partial charge in [0.05, 0.1) is 13.7 Å². The molecule has 7 nitrogen and oxygen atoms in total. The number of carbonyl (C=O) groups excluding carboxylic acids is 1. The molecular weight excluding hydrogens is 365 g/mol. The van der Waals surface area contributed by atoms with E-state index in [1.54, 1.807) is 50.4 Å². The molecule has 28 heavy (non-hydrogen) atoms. The number of ether oxygens (including phenoxy) is 2. The molecule has 0 spiro atoms. The normalized spacial score (nSPS) is 11.7. The van der Waals surface area contributed by atoms with Crippen LogP contribution in [0.25, 0.3) is 11.4 Å². The number of hydrogen-bond acceptors (Lipinski definition) is 6. The summed E-state index contributed by atoms with van der Waals surface area (Å²) in [4.78, 5) is 16.6. The van der Waals surface area contributed by atoms with Crippen molar-refractivity contribution >= 4 is 5.91 Å². The maximum absolute atomic E-state index is 13.7. The van der Waals surface area contributed by atoms with Crippen LogP contribution in [0.1, 0.15) is 19.2 Å². The molecule has 1 aromatic heterocycles. The number of nitrogens with one attached hydrogen (secondary N) is 1. The monoisotopic (exact) mass is 385 g/mol. The van der Waals surface area contributed by atoms with E-state index in [0.717, 1.165) is 11.3 Å². The number of carbonyl (C=O) groups is 1. The molecule has 3 aromatic rings. The van der Waals surface area contributed by atoms with Crippen LogP contribution in [-0.4, -0.2) is 29.3 Å². The van der Waals surface area contributed by atoms with Crippen molar-refractivity contribution in [1.29, 1.82) is 0 Å². The van der Waals surface area contributed by atoms with Gasteiger partial charge in [0, 0.05) is 5.56 Å². The third-order valence-electron chi connectivity index (χ3n) is 4.00. The summed E-state index contributed by atoms with van der Waals surface area (Å²) in [5.41, 5.74) is 0.761. The molecule has 0 saturated heterocycles. The SMILES string of the molecule is CC[C@@H](Oc1ccccc1F)C(=O)NCc1nc(-c2ccc(OC)cc2)no1. The Hall–Kier alpha value is -3.42. The van der Waals surface area contributed by atoms with Crippen molar-refractivity contribution in [2.45, 2.75) is 26.0 Å². The second-order valence-electron chi connectivity index (χ2n) is 5.90. The molecule has 0 aliphatic heterocycles. The van der Waals surface area contributed by atoms with Crippen LogP contribution in [0.15, 0.2) is 53.1 Å². The minimum Gasteiger partial charge on any atom is -0.497 e. The van der Waals surface area contributed by atoms with Crippen LogP contribution >= 0.6 is 0 Å². The Morgan fingerprint density at radius 1 is 1.21 bits per heavy atom. The predicted molar refractivity (Wildman–Crippen MR) is 99.2 cm³/mol.